The number of aromatic nitrogens is 2. The summed E-state index contributed by atoms with van der Waals surface area (Å²) in [5.41, 5.74) is 0.336. The maximum atomic E-state index is 12.7. The highest BCUT2D eigenvalue weighted by Crippen LogP contribution is 2.14. The van der Waals surface area contributed by atoms with Crippen molar-refractivity contribution in [2.24, 2.45) is 0 Å². The van der Waals surface area contributed by atoms with Crippen molar-refractivity contribution in [2.45, 2.75) is 26.7 Å². The van der Waals surface area contributed by atoms with Crippen molar-refractivity contribution in [2.75, 3.05) is 44.2 Å². The highest BCUT2D eigenvalue weighted by Gasteiger charge is 2.27. The molecule has 3 heterocycles. The number of piperazine rings is 1. The van der Waals surface area contributed by atoms with E-state index in [2.05, 4.69) is 28.7 Å². The lowest BCUT2D eigenvalue weighted by Gasteiger charge is -2.34. The molecule has 1 aliphatic heterocycles. The monoisotopic (exact) mass is 385 g/mol. The molecule has 8 nitrogen and oxygen atoms in total. The summed E-state index contributed by atoms with van der Waals surface area (Å²) >= 11 is 0. The third-order valence-electron chi connectivity index (χ3n) is 4.75. The van der Waals surface area contributed by atoms with Gasteiger partial charge in [0.15, 0.2) is 5.76 Å². The average molecular weight is 385 g/mol. The van der Waals surface area contributed by atoms with E-state index in [-0.39, 0.29) is 11.8 Å². The summed E-state index contributed by atoms with van der Waals surface area (Å²) in [6, 6.07) is 3.34. The van der Waals surface area contributed by atoms with Gasteiger partial charge in [-0.25, -0.2) is 9.97 Å². The molecule has 0 saturated carbocycles. The second-order valence-electron chi connectivity index (χ2n) is 6.81. The third kappa shape index (κ3) is 4.49. The van der Waals surface area contributed by atoms with Gasteiger partial charge in [0, 0.05) is 39.3 Å². The van der Waals surface area contributed by atoms with Crippen molar-refractivity contribution in [1.29, 1.82) is 0 Å². The first kappa shape index (κ1) is 19.9. The van der Waals surface area contributed by atoms with E-state index >= 15 is 0 Å². The average Bonchev–Trinajstić information content (AvgIpc) is 3.28. The number of carbonyl (C=O) groups is 2. The molecule has 0 aliphatic carbocycles. The zero-order valence-electron chi connectivity index (χ0n) is 16.5. The van der Waals surface area contributed by atoms with E-state index in [9.17, 15) is 9.59 Å². The smallest absolute Gasteiger partial charge is 0.289 e. The number of amides is 2. The highest BCUT2D eigenvalue weighted by atomic mass is 16.3. The molecule has 0 radical (unpaired) electrons. The van der Waals surface area contributed by atoms with Crippen LogP contribution in [0.3, 0.4) is 0 Å². The fourth-order valence-corrected chi connectivity index (χ4v) is 3.31. The van der Waals surface area contributed by atoms with Gasteiger partial charge >= 0.3 is 0 Å². The molecule has 2 amide bonds. The van der Waals surface area contributed by atoms with Crippen LogP contribution < -0.4 is 4.90 Å². The summed E-state index contributed by atoms with van der Waals surface area (Å²) in [5, 5.41) is 0. The molecule has 0 bridgehead atoms. The van der Waals surface area contributed by atoms with E-state index in [1.807, 2.05) is 0 Å². The summed E-state index contributed by atoms with van der Waals surface area (Å²) in [6.07, 6.45) is 6.77. The number of hydrogen-bond acceptors (Lipinski definition) is 6. The van der Waals surface area contributed by atoms with E-state index in [4.69, 9.17) is 4.42 Å². The Hall–Kier alpha value is -2.90. The van der Waals surface area contributed by atoms with Gasteiger partial charge in [-0.2, -0.15) is 0 Å². The van der Waals surface area contributed by atoms with Gasteiger partial charge in [0.1, 0.15) is 11.5 Å². The van der Waals surface area contributed by atoms with Crippen molar-refractivity contribution in [3.05, 3.63) is 42.2 Å². The molecule has 2 aromatic heterocycles. The molecular weight excluding hydrogens is 358 g/mol. The lowest BCUT2D eigenvalue weighted by atomic mass is 10.2. The van der Waals surface area contributed by atoms with Crippen LogP contribution in [0.1, 0.15) is 47.7 Å². The normalized spacial score (nSPS) is 14.2. The molecule has 0 N–H and O–H groups in total. The van der Waals surface area contributed by atoms with Crippen LogP contribution in [0, 0.1) is 0 Å². The molecule has 0 unspecified atom stereocenters. The van der Waals surface area contributed by atoms with Crippen LogP contribution in [-0.4, -0.2) is 70.9 Å². The van der Waals surface area contributed by atoms with Crippen LogP contribution in [0.4, 0.5) is 5.82 Å². The van der Waals surface area contributed by atoms with Gasteiger partial charge in [0.25, 0.3) is 11.8 Å². The third-order valence-corrected chi connectivity index (χ3v) is 4.75. The second kappa shape index (κ2) is 9.34. The van der Waals surface area contributed by atoms with Crippen LogP contribution in [0.15, 0.2) is 35.2 Å². The lowest BCUT2D eigenvalue weighted by Crippen LogP contribution is -2.50. The van der Waals surface area contributed by atoms with Crippen molar-refractivity contribution < 1.29 is 14.0 Å². The van der Waals surface area contributed by atoms with Gasteiger partial charge in [-0.1, -0.05) is 13.8 Å². The van der Waals surface area contributed by atoms with Crippen LogP contribution in [0.5, 0.6) is 0 Å². The standard InChI is InChI=1S/C20H27N5O3/c1-3-7-23(8-4-2)18-15-21-16(14-22-18)19(26)24-9-11-25(12-10-24)20(27)17-6-5-13-28-17/h5-6,13-15H,3-4,7-12H2,1-2H3. The Labute approximate surface area is 165 Å². The van der Waals surface area contributed by atoms with E-state index < -0.39 is 0 Å². The Morgan fingerprint density at radius 1 is 1.00 bits per heavy atom. The van der Waals surface area contributed by atoms with Gasteiger partial charge in [-0.15, -0.1) is 0 Å². The van der Waals surface area contributed by atoms with Crippen molar-refractivity contribution in [3.63, 3.8) is 0 Å². The molecular formula is C20H27N5O3. The minimum atomic E-state index is -0.151. The summed E-state index contributed by atoms with van der Waals surface area (Å²) < 4.78 is 5.16. The number of nitrogens with zero attached hydrogens (tertiary/aromatic N) is 5. The molecule has 8 heteroatoms. The van der Waals surface area contributed by atoms with E-state index in [1.54, 1.807) is 34.3 Å². The fraction of sp³-hybridized carbons (Fsp3) is 0.500. The quantitative estimate of drug-likeness (QED) is 0.727. The van der Waals surface area contributed by atoms with Crippen LogP contribution in [0.2, 0.25) is 0 Å². The predicted octanol–water partition coefficient (Wildman–Crippen LogP) is 2.29. The number of furan rings is 1. The summed E-state index contributed by atoms with van der Waals surface area (Å²) in [6.45, 7) is 7.96. The Morgan fingerprint density at radius 2 is 1.64 bits per heavy atom. The maximum Gasteiger partial charge on any atom is 0.289 e. The molecule has 28 heavy (non-hydrogen) atoms. The molecule has 1 fully saturated rings. The minimum absolute atomic E-state index is 0.145. The molecule has 1 saturated heterocycles. The number of anilines is 1. The Balaban J connectivity index is 1.58. The first-order valence-corrected chi connectivity index (χ1v) is 9.83. The molecule has 0 spiro atoms. The Bertz CT molecular complexity index is 762. The molecule has 0 atom stereocenters. The van der Waals surface area contributed by atoms with Crippen molar-refractivity contribution in [3.8, 4) is 0 Å². The Kier molecular flexibility index (Phi) is 6.62. The topological polar surface area (TPSA) is 82.8 Å². The van der Waals surface area contributed by atoms with Crippen LogP contribution in [0.25, 0.3) is 0 Å². The Morgan fingerprint density at radius 3 is 2.14 bits per heavy atom. The number of rotatable bonds is 7. The molecule has 0 aromatic carbocycles. The number of carbonyl (C=O) groups excluding carboxylic acids is 2. The number of hydrogen-bond donors (Lipinski definition) is 0. The zero-order valence-corrected chi connectivity index (χ0v) is 16.5. The fourth-order valence-electron chi connectivity index (χ4n) is 3.31. The first-order valence-electron chi connectivity index (χ1n) is 9.83. The van der Waals surface area contributed by atoms with Gasteiger partial charge in [-0.05, 0) is 25.0 Å². The summed E-state index contributed by atoms with van der Waals surface area (Å²) in [4.78, 5) is 39.4. The van der Waals surface area contributed by atoms with Gasteiger partial charge in [0.2, 0.25) is 0 Å². The SMILES string of the molecule is CCCN(CCC)c1cnc(C(=O)N2CCN(C(=O)c3ccco3)CC2)cn1. The molecule has 1 aliphatic rings. The summed E-state index contributed by atoms with van der Waals surface area (Å²) in [7, 11) is 0. The first-order chi connectivity index (χ1) is 13.6. The maximum absolute atomic E-state index is 12.7. The molecule has 2 aromatic rings. The summed E-state index contributed by atoms with van der Waals surface area (Å²) in [5.74, 6) is 0.828. The van der Waals surface area contributed by atoms with E-state index in [0.717, 1.165) is 31.7 Å². The second-order valence-corrected chi connectivity index (χ2v) is 6.81. The van der Waals surface area contributed by atoms with Gasteiger partial charge in [-0.3, -0.25) is 9.59 Å². The lowest BCUT2D eigenvalue weighted by molar-refractivity contribution is 0.0515. The molecule has 150 valence electrons. The molecule has 3 rings (SSSR count). The highest BCUT2D eigenvalue weighted by molar-refractivity contribution is 5.93. The zero-order chi connectivity index (χ0) is 19.9. The minimum Gasteiger partial charge on any atom is -0.459 e. The van der Waals surface area contributed by atoms with Crippen molar-refractivity contribution in [1.82, 2.24) is 19.8 Å². The van der Waals surface area contributed by atoms with E-state index in [0.29, 0.717) is 37.6 Å². The van der Waals surface area contributed by atoms with Crippen LogP contribution in [-0.2, 0) is 0 Å². The van der Waals surface area contributed by atoms with Crippen LogP contribution >= 0.6 is 0 Å². The van der Waals surface area contributed by atoms with Crippen molar-refractivity contribution >= 4 is 17.6 Å². The van der Waals surface area contributed by atoms with Gasteiger partial charge < -0.3 is 19.1 Å². The van der Waals surface area contributed by atoms with Gasteiger partial charge in [0.05, 0.1) is 18.7 Å². The largest absolute Gasteiger partial charge is 0.459 e. The van der Waals surface area contributed by atoms with E-state index in [1.165, 1.54) is 6.26 Å². The predicted molar refractivity (Wildman–Crippen MR) is 105 cm³/mol.